The maximum absolute atomic E-state index is 12.7. The van der Waals surface area contributed by atoms with Crippen LogP contribution < -0.4 is 4.74 Å². The summed E-state index contributed by atoms with van der Waals surface area (Å²) in [7, 11) is 0. The molecule has 1 aromatic heterocycles. The highest BCUT2D eigenvalue weighted by Gasteiger charge is 2.26. The Balaban J connectivity index is 1.39. The molecular formula is C23H30N2O3S. The van der Waals surface area contributed by atoms with E-state index in [1.807, 2.05) is 29.2 Å². The smallest absolute Gasteiger partial charge is 0.254 e. The molecule has 2 aliphatic rings. The van der Waals surface area contributed by atoms with E-state index < -0.39 is 0 Å². The molecule has 0 N–H and O–H groups in total. The van der Waals surface area contributed by atoms with Crippen molar-refractivity contribution in [2.75, 3.05) is 39.4 Å². The fraction of sp³-hybridized carbons (Fsp3) is 0.522. The average molecular weight is 415 g/mol. The number of carbonyl (C=O) groups excluding carboxylic acids is 1. The van der Waals surface area contributed by atoms with Crippen LogP contribution in [0, 0.1) is 0 Å². The summed E-state index contributed by atoms with van der Waals surface area (Å²) in [6, 6.07) is 12.2. The Bertz CT molecular complexity index is 772. The van der Waals surface area contributed by atoms with Crippen LogP contribution in [0.2, 0.25) is 0 Å². The molecule has 2 fully saturated rings. The van der Waals surface area contributed by atoms with E-state index in [-0.39, 0.29) is 12.0 Å². The normalized spacial score (nSPS) is 21.3. The number of hydrogen-bond donors (Lipinski definition) is 0. The number of benzene rings is 1. The number of hydrogen-bond acceptors (Lipinski definition) is 5. The lowest BCUT2D eigenvalue weighted by molar-refractivity contribution is 0.0319. The van der Waals surface area contributed by atoms with E-state index in [1.54, 1.807) is 11.3 Å². The SMILES string of the molecule is CC1CCCN1C(=O)c1ccc(OC(CCN2CCOCC2)c2cccs2)cc1. The molecule has 2 aliphatic heterocycles. The largest absolute Gasteiger partial charge is 0.485 e. The zero-order valence-corrected chi connectivity index (χ0v) is 17.9. The van der Waals surface area contributed by atoms with Crippen LogP contribution in [-0.2, 0) is 4.74 Å². The molecule has 0 bridgehead atoms. The molecule has 156 valence electrons. The number of ether oxygens (including phenoxy) is 2. The molecular weight excluding hydrogens is 384 g/mol. The third-order valence-electron chi connectivity index (χ3n) is 5.87. The average Bonchev–Trinajstić information content (AvgIpc) is 3.44. The number of morpholine rings is 1. The second-order valence-electron chi connectivity index (χ2n) is 7.88. The molecule has 0 spiro atoms. The van der Waals surface area contributed by atoms with Crippen molar-refractivity contribution >= 4 is 17.2 Å². The Morgan fingerprint density at radius 3 is 2.66 bits per heavy atom. The van der Waals surface area contributed by atoms with E-state index in [1.165, 1.54) is 4.88 Å². The van der Waals surface area contributed by atoms with Crippen molar-refractivity contribution in [3.63, 3.8) is 0 Å². The Kier molecular flexibility index (Phi) is 6.85. The Hall–Kier alpha value is -1.89. The van der Waals surface area contributed by atoms with Crippen LogP contribution in [0.1, 0.15) is 47.5 Å². The quantitative estimate of drug-likeness (QED) is 0.680. The van der Waals surface area contributed by atoms with Gasteiger partial charge in [-0.05, 0) is 55.5 Å². The minimum atomic E-state index is 0.0259. The third kappa shape index (κ3) is 5.18. The number of rotatable bonds is 7. The van der Waals surface area contributed by atoms with Crippen molar-refractivity contribution in [3.05, 3.63) is 52.2 Å². The van der Waals surface area contributed by atoms with E-state index in [9.17, 15) is 4.79 Å². The van der Waals surface area contributed by atoms with Crippen molar-refractivity contribution in [1.82, 2.24) is 9.80 Å². The van der Waals surface area contributed by atoms with Gasteiger partial charge >= 0.3 is 0 Å². The number of likely N-dealkylation sites (tertiary alicyclic amines) is 1. The molecule has 0 radical (unpaired) electrons. The summed E-state index contributed by atoms with van der Waals surface area (Å²) >= 11 is 1.73. The number of nitrogens with zero attached hydrogens (tertiary/aromatic N) is 2. The molecule has 6 heteroatoms. The van der Waals surface area contributed by atoms with Crippen molar-refractivity contribution in [3.8, 4) is 5.75 Å². The second-order valence-corrected chi connectivity index (χ2v) is 8.86. The highest BCUT2D eigenvalue weighted by molar-refractivity contribution is 7.10. The molecule has 1 amide bonds. The van der Waals surface area contributed by atoms with Crippen LogP contribution in [0.3, 0.4) is 0 Å². The lowest BCUT2D eigenvalue weighted by atomic mass is 10.1. The molecule has 2 atom stereocenters. The summed E-state index contributed by atoms with van der Waals surface area (Å²) < 4.78 is 11.8. The Morgan fingerprint density at radius 2 is 2.00 bits per heavy atom. The van der Waals surface area contributed by atoms with Crippen LogP contribution in [0.5, 0.6) is 5.75 Å². The van der Waals surface area contributed by atoms with Crippen LogP contribution in [0.4, 0.5) is 0 Å². The minimum absolute atomic E-state index is 0.0259. The topological polar surface area (TPSA) is 42.0 Å². The van der Waals surface area contributed by atoms with E-state index in [0.717, 1.165) is 70.0 Å². The predicted molar refractivity (Wildman–Crippen MR) is 116 cm³/mol. The monoisotopic (exact) mass is 414 g/mol. The van der Waals surface area contributed by atoms with Gasteiger partial charge in [0.15, 0.2) is 0 Å². The molecule has 5 nitrogen and oxygen atoms in total. The molecule has 4 rings (SSSR count). The van der Waals surface area contributed by atoms with Gasteiger partial charge in [-0.25, -0.2) is 0 Å². The lowest BCUT2D eigenvalue weighted by Gasteiger charge is -2.28. The molecule has 2 aromatic rings. The Labute approximate surface area is 177 Å². The van der Waals surface area contributed by atoms with Gasteiger partial charge in [0.1, 0.15) is 11.9 Å². The van der Waals surface area contributed by atoms with E-state index >= 15 is 0 Å². The van der Waals surface area contributed by atoms with Gasteiger partial charge in [-0.2, -0.15) is 0 Å². The number of amides is 1. The van der Waals surface area contributed by atoms with Crippen molar-refractivity contribution < 1.29 is 14.3 Å². The van der Waals surface area contributed by atoms with Gasteiger partial charge in [0, 0.05) is 49.1 Å². The zero-order valence-electron chi connectivity index (χ0n) is 17.1. The molecule has 1 aromatic carbocycles. The molecule has 0 saturated carbocycles. The van der Waals surface area contributed by atoms with Gasteiger partial charge in [0.2, 0.25) is 0 Å². The summed E-state index contributed by atoms with van der Waals surface area (Å²) in [6.07, 6.45) is 3.16. The fourth-order valence-corrected chi connectivity index (χ4v) is 4.89. The maximum Gasteiger partial charge on any atom is 0.254 e. The fourth-order valence-electron chi connectivity index (χ4n) is 4.10. The second kappa shape index (κ2) is 9.74. The predicted octanol–water partition coefficient (Wildman–Crippen LogP) is 4.22. The third-order valence-corrected chi connectivity index (χ3v) is 6.83. The zero-order chi connectivity index (χ0) is 20.1. The summed E-state index contributed by atoms with van der Waals surface area (Å²) in [5.41, 5.74) is 0.743. The van der Waals surface area contributed by atoms with E-state index in [0.29, 0.717) is 6.04 Å². The van der Waals surface area contributed by atoms with Crippen LogP contribution in [0.25, 0.3) is 0 Å². The van der Waals surface area contributed by atoms with Gasteiger partial charge in [-0.1, -0.05) is 6.07 Å². The number of carbonyl (C=O) groups is 1. The van der Waals surface area contributed by atoms with Gasteiger partial charge in [-0.15, -0.1) is 11.3 Å². The highest BCUT2D eigenvalue weighted by Crippen LogP contribution is 2.29. The van der Waals surface area contributed by atoms with E-state index in [2.05, 4.69) is 29.3 Å². The molecule has 0 aliphatic carbocycles. The van der Waals surface area contributed by atoms with Crippen molar-refractivity contribution in [1.29, 1.82) is 0 Å². The highest BCUT2D eigenvalue weighted by atomic mass is 32.1. The summed E-state index contributed by atoms with van der Waals surface area (Å²) in [6.45, 7) is 7.59. The first-order valence-electron chi connectivity index (χ1n) is 10.6. The maximum atomic E-state index is 12.7. The molecule has 2 unspecified atom stereocenters. The van der Waals surface area contributed by atoms with Gasteiger partial charge in [0.25, 0.3) is 5.91 Å². The van der Waals surface area contributed by atoms with Gasteiger partial charge in [-0.3, -0.25) is 9.69 Å². The van der Waals surface area contributed by atoms with Crippen LogP contribution in [0.15, 0.2) is 41.8 Å². The molecule has 3 heterocycles. The summed E-state index contributed by atoms with van der Waals surface area (Å²) in [5.74, 6) is 0.945. The van der Waals surface area contributed by atoms with Crippen LogP contribution >= 0.6 is 11.3 Å². The summed E-state index contributed by atoms with van der Waals surface area (Å²) in [4.78, 5) is 18.4. The standard InChI is InChI=1S/C23H30N2O3S/c1-18-4-2-11-25(18)23(26)19-6-8-20(9-7-19)28-21(22-5-3-17-29-22)10-12-24-13-15-27-16-14-24/h3,5-9,17-18,21H,2,4,10-16H2,1H3. The first-order valence-corrected chi connectivity index (χ1v) is 11.5. The molecule has 29 heavy (non-hydrogen) atoms. The first-order chi connectivity index (χ1) is 14.2. The van der Waals surface area contributed by atoms with Gasteiger partial charge < -0.3 is 14.4 Å². The van der Waals surface area contributed by atoms with Gasteiger partial charge in [0.05, 0.1) is 13.2 Å². The Morgan fingerprint density at radius 1 is 1.21 bits per heavy atom. The first kappa shape index (κ1) is 20.4. The summed E-state index contributed by atoms with van der Waals surface area (Å²) in [5, 5.41) is 2.10. The van der Waals surface area contributed by atoms with E-state index in [4.69, 9.17) is 9.47 Å². The molecule has 2 saturated heterocycles. The minimum Gasteiger partial charge on any atom is -0.485 e. The van der Waals surface area contributed by atoms with Crippen molar-refractivity contribution in [2.24, 2.45) is 0 Å². The van der Waals surface area contributed by atoms with Crippen LogP contribution in [-0.4, -0.2) is 61.1 Å². The number of thiophene rings is 1. The van der Waals surface area contributed by atoms with Crippen molar-refractivity contribution in [2.45, 2.75) is 38.3 Å². The lowest BCUT2D eigenvalue weighted by Crippen LogP contribution is -2.37.